The summed E-state index contributed by atoms with van der Waals surface area (Å²) < 4.78 is 5.93. The molecule has 0 aromatic heterocycles. The van der Waals surface area contributed by atoms with Gasteiger partial charge in [-0.05, 0) is 46.2 Å². The molecule has 1 amide bonds. The number of nitrogens with zero attached hydrogens (tertiary/aromatic N) is 2. The number of carbonyl (C=O) groups is 1. The Kier molecular flexibility index (Phi) is 6.70. The lowest BCUT2D eigenvalue weighted by molar-refractivity contribution is -0.385. The molecule has 7 heteroatoms. The fraction of sp³-hybridized carbons (Fsp3) is 0.0769. The third-order valence-corrected chi connectivity index (χ3v) is 5.10. The summed E-state index contributed by atoms with van der Waals surface area (Å²) >= 11 is 0. The quantitative estimate of drug-likeness (QED) is 0.237. The second-order valence-corrected chi connectivity index (χ2v) is 7.35. The molecule has 33 heavy (non-hydrogen) atoms. The number of nitro benzene ring substituents is 1. The molecule has 0 saturated carbocycles. The van der Waals surface area contributed by atoms with E-state index in [0.717, 1.165) is 16.9 Å². The van der Waals surface area contributed by atoms with Gasteiger partial charge in [-0.25, -0.2) is 5.43 Å². The van der Waals surface area contributed by atoms with Crippen molar-refractivity contribution in [3.05, 3.63) is 118 Å². The molecule has 4 rings (SSSR count). The fourth-order valence-electron chi connectivity index (χ4n) is 3.46. The number of para-hydroxylation sites is 1. The van der Waals surface area contributed by atoms with Gasteiger partial charge in [0.05, 0.1) is 17.6 Å². The highest BCUT2D eigenvalue weighted by atomic mass is 16.6. The molecule has 164 valence electrons. The van der Waals surface area contributed by atoms with E-state index in [2.05, 4.69) is 34.8 Å². The third kappa shape index (κ3) is 5.59. The first-order valence-electron chi connectivity index (χ1n) is 10.3. The second-order valence-electron chi connectivity index (χ2n) is 7.35. The van der Waals surface area contributed by atoms with Crippen molar-refractivity contribution in [1.82, 2.24) is 5.43 Å². The Balaban J connectivity index is 1.31. The van der Waals surface area contributed by atoms with Crippen LogP contribution < -0.4 is 10.2 Å². The van der Waals surface area contributed by atoms with Gasteiger partial charge in [0.25, 0.3) is 5.69 Å². The van der Waals surface area contributed by atoms with E-state index in [1.165, 1.54) is 23.1 Å². The van der Waals surface area contributed by atoms with Crippen molar-refractivity contribution in [2.75, 3.05) is 0 Å². The molecule has 1 N–H and O–H groups in total. The van der Waals surface area contributed by atoms with Crippen LogP contribution in [-0.2, 0) is 17.8 Å². The topological polar surface area (TPSA) is 93.8 Å². The van der Waals surface area contributed by atoms with Gasteiger partial charge < -0.3 is 4.74 Å². The summed E-state index contributed by atoms with van der Waals surface area (Å²) in [5.41, 5.74) is 4.54. The summed E-state index contributed by atoms with van der Waals surface area (Å²) in [6.07, 6.45) is 1.38. The number of fused-ring (bicyclic) bond motifs is 1. The Labute approximate surface area is 190 Å². The lowest BCUT2D eigenvalue weighted by Gasteiger charge is -2.09. The maximum Gasteiger partial charge on any atom is 0.273 e. The zero-order valence-corrected chi connectivity index (χ0v) is 17.7. The monoisotopic (exact) mass is 439 g/mol. The second kappa shape index (κ2) is 10.2. The van der Waals surface area contributed by atoms with Gasteiger partial charge in [-0.2, -0.15) is 5.10 Å². The molecule has 0 aliphatic carbocycles. The molecular formula is C26H21N3O4. The molecule has 0 unspecified atom stereocenters. The van der Waals surface area contributed by atoms with Crippen molar-refractivity contribution >= 4 is 28.6 Å². The minimum atomic E-state index is -0.504. The van der Waals surface area contributed by atoms with Crippen LogP contribution in [0.4, 0.5) is 5.69 Å². The summed E-state index contributed by atoms with van der Waals surface area (Å²) in [4.78, 5) is 22.6. The molecule has 0 saturated heterocycles. The van der Waals surface area contributed by atoms with Gasteiger partial charge in [0.1, 0.15) is 12.4 Å². The van der Waals surface area contributed by atoms with Gasteiger partial charge >= 0.3 is 0 Å². The highest BCUT2D eigenvalue weighted by Crippen LogP contribution is 2.21. The Bertz CT molecular complexity index is 1310. The Hall–Kier alpha value is -4.52. The molecule has 0 atom stereocenters. The molecule has 0 bridgehead atoms. The minimum Gasteiger partial charge on any atom is -0.489 e. The van der Waals surface area contributed by atoms with Crippen molar-refractivity contribution in [3.63, 3.8) is 0 Å². The highest BCUT2D eigenvalue weighted by Gasteiger charge is 2.15. The molecular weight excluding hydrogens is 418 g/mol. The maximum absolute atomic E-state index is 12.1. The predicted octanol–water partition coefficient (Wildman–Crippen LogP) is 5.02. The van der Waals surface area contributed by atoms with Gasteiger partial charge in [-0.15, -0.1) is 0 Å². The average molecular weight is 439 g/mol. The van der Waals surface area contributed by atoms with Crippen LogP contribution in [0.25, 0.3) is 10.8 Å². The number of nitrogens with one attached hydrogen (secondary N) is 1. The molecule has 4 aromatic rings. The molecule has 0 aliphatic heterocycles. The van der Waals surface area contributed by atoms with Crippen molar-refractivity contribution in [2.24, 2.45) is 5.10 Å². The molecule has 4 aromatic carbocycles. The summed E-state index contributed by atoms with van der Waals surface area (Å²) in [5.74, 6) is 0.288. The minimum absolute atomic E-state index is 0.0873. The third-order valence-electron chi connectivity index (χ3n) is 5.10. The smallest absolute Gasteiger partial charge is 0.273 e. The van der Waals surface area contributed by atoms with E-state index in [1.54, 1.807) is 18.2 Å². The van der Waals surface area contributed by atoms with E-state index >= 15 is 0 Å². The highest BCUT2D eigenvalue weighted by molar-refractivity contribution is 5.85. The van der Waals surface area contributed by atoms with Crippen LogP contribution in [0, 0.1) is 10.1 Å². The lowest BCUT2D eigenvalue weighted by Crippen LogP contribution is -2.20. The van der Waals surface area contributed by atoms with E-state index in [9.17, 15) is 14.9 Å². The Morgan fingerprint density at radius 3 is 2.42 bits per heavy atom. The fourth-order valence-corrected chi connectivity index (χ4v) is 3.46. The molecule has 0 heterocycles. The summed E-state index contributed by atoms with van der Waals surface area (Å²) in [7, 11) is 0. The summed E-state index contributed by atoms with van der Waals surface area (Å²) in [6, 6.07) is 27.8. The number of carbonyl (C=O) groups excluding carboxylic acids is 1. The van der Waals surface area contributed by atoms with E-state index < -0.39 is 10.8 Å². The molecule has 7 nitrogen and oxygen atoms in total. The Morgan fingerprint density at radius 2 is 1.61 bits per heavy atom. The SMILES string of the molecule is O=C(Cc1ccccc1[N+](=O)[O-])N/N=C/c1ccc(OCc2cccc3ccccc23)cc1. The zero-order chi connectivity index (χ0) is 23.0. The number of rotatable bonds is 8. The maximum atomic E-state index is 12.1. The zero-order valence-electron chi connectivity index (χ0n) is 17.7. The van der Waals surface area contributed by atoms with Crippen LogP contribution in [0.1, 0.15) is 16.7 Å². The molecule has 0 fully saturated rings. The number of hydrogen-bond acceptors (Lipinski definition) is 5. The summed E-state index contributed by atoms with van der Waals surface area (Å²) in [6.45, 7) is 0.455. The molecule has 0 radical (unpaired) electrons. The van der Waals surface area contributed by atoms with E-state index in [-0.39, 0.29) is 12.1 Å². The van der Waals surface area contributed by atoms with Gasteiger partial charge in [-0.1, -0.05) is 60.7 Å². The van der Waals surface area contributed by atoms with Crippen LogP contribution in [0.3, 0.4) is 0 Å². The predicted molar refractivity (Wildman–Crippen MR) is 127 cm³/mol. The first-order valence-corrected chi connectivity index (χ1v) is 10.3. The van der Waals surface area contributed by atoms with Gasteiger partial charge in [0.2, 0.25) is 5.91 Å². The largest absolute Gasteiger partial charge is 0.489 e. The van der Waals surface area contributed by atoms with Crippen molar-refractivity contribution in [3.8, 4) is 5.75 Å². The number of nitro groups is 1. The van der Waals surface area contributed by atoms with Crippen molar-refractivity contribution < 1.29 is 14.5 Å². The Morgan fingerprint density at radius 1 is 0.909 bits per heavy atom. The van der Waals surface area contributed by atoms with E-state index in [4.69, 9.17) is 4.74 Å². The number of hydrogen-bond donors (Lipinski definition) is 1. The number of hydrazone groups is 1. The van der Waals surface area contributed by atoms with Crippen LogP contribution in [0.5, 0.6) is 5.75 Å². The van der Waals surface area contributed by atoms with Crippen LogP contribution in [0.15, 0.2) is 96.1 Å². The molecule has 0 spiro atoms. The van der Waals surface area contributed by atoms with Gasteiger partial charge in [-0.3, -0.25) is 14.9 Å². The van der Waals surface area contributed by atoms with Gasteiger partial charge in [0.15, 0.2) is 0 Å². The van der Waals surface area contributed by atoms with E-state index in [1.807, 2.05) is 42.5 Å². The number of amides is 1. The van der Waals surface area contributed by atoms with Crippen LogP contribution >= 0.6 is 0 Å². The normalized spacial score (nSPS) is 10.9. The van der Waals surface area contributed by atoms with Crippen molar-refractivity contribution in [2.45, 2.75) is 13.0 Å². The average Bonchev–Trinajstić information content (AvgIpc) is 2.83. The van der Waals surface area contributed by atoms with Crippen LogP contribution in [-0.4, -0.2) is 17.0 Å². The van der Waals surface area contributed by atoms with E-state index in [0.29, 0.717) is 12.2 Å². The summed E-state index contributed by atoms with van der Waals surface area (Å²) in [5, 5.41) is 17.3. The van der Waals surface area contributed by atoms with Crippen LogP contribution in [0.2, 0.25) is 0 Å². The molecule has 0 aliphatic rings. The van der Waals surface area contributed by atoms with Crippen molar-refractivity contribution in [1.29, 1.82) is 0 Å². The number of benzene rings is 4. The standard InChI is InChI=1S/C26H21N3O4/c30-26(16-21-7-2-4-11-25(21)29(31)32)28-27-17-19-12-14-23(15-13-19)33-18-22-9-5-8-20-6-1-3-10-24(20)22/h1-15,17H,16,18H2,(H,28,30)/b27-17+. The lowest BCUT2D eigenvalue weighted by atomic mass is 10.1. The van der Waals surface area contributed by atoms with Gasteiger partial charge in [0, 0.05) is 11.6 Å². The first-order chi connectivity index (χ1) is 16.1. The number of ether oxygens (including phenoxy) is 1. The first kappa shape index (κ1) is 21.7.